The van der Waals surface area contributed by atoms with Crippen molar-refractivity contribution in [3.05, 3.63) is 77.6 Å². The summed E-state index contributed by atoms with van der Waals surface area (Å²) in [6.07, 6.45) is 13.9. The quantitative estimate of drug-likeness (QED) is 0.338. The number of nitrogens with one attached hydrogen (secondary N) is 1. The minimum atomic E-state index is -1.26. The zero-order valence-corrected chi connectivity index (χ0v) is 23.4. The van der Waals surface area contributed by atoms with Gasteiger partial charge < -0.3 is 25.0 Å². The second kappa shape index (κ2) is 14.0. The van der Waals surface area contributed by atoms with Gasteiger partial charge in [0.2, 0.25) is 0 Å². The van der Waals surface area contributed by atoms with Crippen molar-refractivity contribution >= 4 is 11.9 Å². The molecule has 1 aromatic carbocycles. The number of rotatable bonds is 9. The standard InChI is InChI=1S/C28H38N2O2.C4H4O4/c1-2-31-25-13-12-24(22-9-3-4-10-23(22)25)29-19-16-27(26-11-5-8-18-30-26)17-20-32-28(21-27)14-6-7-15-28;5-3(6)1-2-4(7)8/h3-5,8-11,18,24-25,29H,2,6-7,12-17,19-21H2,1H3;1-2H,(H,5,6)(H,7,8)/b;2-1+/t24-,25-,27+;/m0./s1. The summed E-state index contributed by atoms with van der Waals surface area (Å²) in [6, 6.07) is 15.7. The smallest absolute Gasteiger partial charge is 0.328 e. The van der Waals surface area contributed by atoms with Crippen LogP contribution in [0.4, 0.5) is 0 Å². The first-order valence-corrected chi connectivity index (χ1v) is 14.5. The van der Waals surface area contributed by atoms with Crippen molar-refractivity contribution in [2.75, 3.05) is 19.8 Å². The van der Waals surface area contributed by atoms with Crippen LogP contribution in [-0.2, 0) is 24.5 Å². The molecule has 3 atom stereocenters. The van der Waals surface area contributed by atoms with Gasteiger partial charge in [-0.3, -0.25) is 4.98 Å². The van der Waals surface area contributed by atoms with Gasteiger partial charge in [-0.25, -0.2) is 9.59 Å². The van der Waals surface area contributed by atoms with Crippen LogP contribution in [0.2, 0.25) is 0 Å². The van der Waals surface area contributed by atoms with Crippen molar-refractivity contribution < 1.29 is 29.3 Å². The first-order valence-electron chi connectivity index (χ1n) is 14.5. The highest BCUT2D eigenvalue weighted by atomic mass is 16.5. The molecule has 2 aliphatic carbocycles. The molecule has 0 amide bonds. The number of nitrogens with zero attached hydrogens (tertiary/aromatic N) is 1. The lowest BCUT2D eigenvalue weighted by Gasteiger charge is -2.46. The summed E-state index contributed by atoms with van der Waals surface area (Å²) in [5.74, 6) is -2.51. The summed E-state index contributed by atoms with van der Waals surface area (Å²) >= 11 is 0. The van der Waals surface area contributed by atoms with Crippen LogP contribution >= 0.6 is 0 Å². The summed E-state index contributed by atoms with van der Waals surface area (Å²) in [7, 11) is 0. The van der Waals surface area contributed by atoms with Crippen molar-refractivity contribution in [3.63, 3.8) is 0 Å². The number of ether oxygens (including phenoxy) is 2. The molecule has 2 heterocycles. The van der Waals surface area contributed by atoms with Crippen molar-refractivity contribution in [2.45, 2.75) is 87.9 Å². The third kappa shape index (κ3) is 7.56. The van der Waals surface area contributed by atoms with Gasteiger partial charge in [-0.1, -0.05) is 43.2 Å². The number of hydrogen-bond donors (Lipinski definition) is 3. The molecule has 0 radical (unpaired) electrons. The Hall–Kier alpha value is -3.07. The second-order valence-corrected chi connectivity index (χ2v) is 11.1. The number of aliphatic carboxylic acids is 2. The van der Waals surface area contributed by atoms with Gasteiger partial charge in [0.25, 0.3) is 0 Å². The second-order valence-electron chi connectivity index (χ2n) is 11.1. The van der Waals surface area contributed by atoms with Crippen molar-refractivity contribution in [3.8, 4) is 0 Å². The van der Waals surface area contributed by atoms with Crippen LogP contribution in [0.1, 0.15) is 93.7 Å². The van der Waals surface area contributed by atoms with E-state index in [2.05, 4.69) is 48.6 Å². The van der Waals surface area contributed by atoms with Gasteiger partial charge in [0.05, 0.1) is 11.7 Å². The van der Waals surface area contributed by atoms with Crippen LogP contribution in [0.5, 0.6) is 0 Å². The molecule has 8 heteroatoms. The van der Waals surface area contributed by atoms with Gasteiger partial charge in [0.1, 0.15) is 0 Å². The van der Waals surface area contributed by atoms with E-state index in [1.54, 1.807) is 0 Å². The molecule has 1 saturated heterocycles. The molecule has 1 aromatic heterocycles. The number of pyridine rings is 1. The number of carboxylic acids is 2. The third-order valence-corrected chi connectivity index (χ3v) is 8.54. The van der Waals surface area contributed by atoms with E-state index in [0.717, 1.165) is 51.9 Å². The Morgan fingerprint density at radius 2 is 1.73 bits per heavy atom. The average Bonchev–Trinajstić information content (AvgIpc) is 3.41. The molecule has 3 aliphatic rings. The predicted molar refractivity (Wildman–Crippen MR) is 152 cm³/mol. The van der Waals surface area contributed by atoms with E-state index in [1.807, 2.05) is 12.3 Å². The molecular weight excluding hydrogens is 508 g/mol. The number of fused-ring (bicyclic) bond motifs is 1. The Morgan fingerprint density at radius 1 is 1.02 bits per heavy atom. The van der Waals surface area contributed by atoms with Gasteiger partial charge in [0, 0.05) is 48.7 Å². The highest BCUT2D eigenvalue weighted by Crippen LogP contribution is 2.49. The molecule has 1 aliphatic heterocycles. The lowest BCUT2D eigenvalue weighted by molar-refractivity contribution is -0.134. The van der Waals surface area contributed by atoms with Gasteiger partial charge in [-0.2, -0.15) is 0 Å². The summed E-state index contributed by atoms with van der Waals surface area (Å²) in [4.78, 5) is 24.0. The Balaban J connectivity index is 0.000000406. The number of carbonyl (C=O) groups is 2. The van der Waals surface area contributed by atoms with Crippen molar-refractivity contribution in [1.82, 2.24) is 10.3 Å². The molecule has 216 valence electrons. The molecule has 1 spiro atoms. The highest BCUT2D eigenvalue weighted by molar-refractivity contribution is 5.89. The molecule has 1 saturated carbocycles. The van der Waals surface area contributed by atoms with Gasteiger partial charge in [-0.15, -0.1) is 0 Å². The number of carboxylic acid groups (broad SMARTS) is 2. The minimum absolute atomic E-state index is 0.0813. The highest BCUT2D eigenvalue weighted by Gasteiger charge is 2.48. The summed E-state index contributed by atoms with van der Waals surface area (Å²) in [5, 5.41) is 19.6. The van der Waals surface area contributed by atoms with Crippen LogP contribution in [-0.4, -0.2) is 52.5 Å². The normalized spacial score (nSPS) is 25.2. The molecule has 5 rings (SSSR count). The van der Waals surface area contributed by atoms with E-state index in [-0.39, 0.29) is 17.1 Å². The fourth-order valence-corrected chi connectivity index (χ4v) is 6.76. The van der Waals surface area contributed by atoms with E-state index >= 15 is 0 Å². The van der Waals surface area contributed by atoms with Gasteiger partial charge in [-0.05, 0) is 81.7 Å². The van der Waals surface area contributed by atoms with E-state index in [4.69, 9.17) is 24.7 Å². The van der Waals surface area contributed by atoms with Crippen LogP contribution in [0.25, 0.3) is 0 Å². The van der Waals surface area contributed by atoms with Crippen molar-refractivity contribution in [1.29, 1.82) is 0 Å². The van der Waals surface area contributed by atoms with Crippen LogP contribution in [0.3, 0.4) is 0 Å². The summed E-state index contributed by atoms with van der Waals surface area (Å²) in [6.45, 7) is 4.73. The Labute approximate surface area is 236 Å². The first-order chi connectivity index (χ1) is 19.4. The lowest BCUT2D eigenvalue weighted by Crippen LogP contribution is -2.47. The Kier molecular flexibility index (Phi) is 10.5. The fraction of sp³-hybridized carbons (Fsp3) is 0.531. The van der Waals surface area contributed by atoms with E-state index in [0.29, 0.717) is 18.2 Å². The summed E-state index contributed by atoms with van der Waals surface area (Å²) < 4.78 is 12.5. The topological polar surface area (TPSA) is 118 Å². The summed E-state index contributed by atoms with van der Waals surface area (Å²) in [5.41, 5.74) is 4.24. The van der Waals surface area contributed by atoms with E-state index < -0.39 is 11.9 Å². The number of hydrogen-bond acceptors (Lipinski definition) is 6. The van der Waals surface area contributed by atoms with Crippen LogP contribution in [0.15, 0.2) is 60.8 Å². The monoisotopic (exact) mass is 550 g/mol. The predicted octanol–water partition coefficient (Wildman–Crippen LogP) is 5.75. The lowest BCUT2D eigenvalue weighted by atomic mass is 9.68. The molecule has 2 fully saturated rings. The number of aromatic nitrogens is 1. The van der Waals surface area contributed by atoms with Gasteiger partial charge >= 0.3 is 11.9 Å². The minimum Gasteiger partial charge on any atom is -0.478 e. The van der Waals surface area contributed by atoms with Crippen molar-refractivity contribution in [2.24, 2.45) is 0 Å². The van der Waals surface area contributed by atoms with Gasteiger partial charge in [0.15, 0.2) is 0 Å². The zero-order valence-electron chi connectivity index (χ0n) is 23.4. The molecular formula is C32H42N2O6. The molecule has 40 heavy (non-hydrogen) atoms. The first kappa shape index (κ1) is 29.9. The molecule has 0 unspecified atom stereocenters. The van der Waals surface area contributed by atoms with Crippen LogP contribution in [0, 0.1) is 0 Å². The Bertz CT molecular complexity index is 1130. The molecule has 8 nitrogen and oxygen atoms in total. The molecule has 2 aromatic rings. The van der Waals surface area contributed by atoms with E-state index in [1.165, 1.54) is 42.5 Å². The maximum absolute atomic E-state index is 9.55. The Morgan fingerprint density at radius 3 is 2.38 bits per heavy atom. The fourth-order valence-electron chi connectivity index (χ4n) is 6.76. The van der Waals surface area contributed by atoms with E-state index in [9.17, 15) is 9.59 Å². The average molecular weight is 551 g/mol. The number of benzene rings is 1. The SMILES string of the molecule is CCO[C@H]1CC[C@H](NCC[C@@]2(c3ccccn3)CCOC3(CCCC3)C2)c2ccccc21.O=C(O)/C=C/C(=O)O. The molecule has 0 bridgehead atoms. The maximum Gasteiger partial charge on any atom is 0.328 e. The van der Waals surface area contributed by atoms with Crippen LogP contribution < -0.4 is 5.32 Å². The zero-order chi connectivity index (χ0) is 28.4. The largest absolute Gasteiger partial charge is 0.478 e. The third-order valence-electron chi connectivity index (χ3n) is 8.54. The maximum atomic E-state index is 9.55. The molecule has 3 N–H and O–H groups in total.